The molecule has 2 aromatic rings. The van der Waals surface area contributed by atoms with E-state index in [0.717, 1.165) is 9.13 Å². The number of nitrogens with one attached hydrogen (secondary N) is 1. The summed E-state index contributed by atoms with van der Waals surface area (Å²) in [4.78, 5) is 22.7. The van der Waals surface area contributed by atoms with Crippen LogP contribution in [0, 0.1) is 3.57 Å². The van der Waals surface area contributed by atoms with E-state index in [-0.39, 0.29) is 11.5 Å². The smallest absolute Gasteiger partial charge is 0.335 e. The number of amides is 1. The van der Waals surface area contributed by atoms with Gasteiger partial charge in [-0.05, 0) is 64.9 Å². The van der Waals surface area contributed by atoms with Gasteiger partial charge in [0.2, 0.25) is 0 Å². The molecule has 0 aliphatic rings. The highest BCUT2D eigenvalue weighted by Crippen LogP contribution is 2.08. The second-order valence-corrected chi connectivity index (χ2v) is 5.76. The van der Waals surface area contributed by atoms with E-state index in [1.54, 1.807) is 30.3 Å². The topological polar surface area (TPSA) is 66.4 Å². The van der Waals surface area contributed by atoms with E-state index in [4.69, 9.17) is 5.11 Å². The van der Waals surface area contributed by atoms with Crippen molar-refractivity contribution in [2.75, 3.05) is 6.54 Å². The van der Waals surface area contributed by atoms with Crippen molar-refractivity contribution in [2.45, 2.75) is 6.42 Å². The first-order chi connectivity index (χ1) is 10.1. The molecule has 0 atom stereocenters. The molecule has 2 aromatic carbocycles. The normalized spacial score (nSPS) is 10.1. The van der Waals surface area contributed by atoms with Crippen LogP contribution in [0.15, 0.2) is 48.5 Å². The molecule has 5 heteroatoms. The molecule has 0 aliphatic carbocycles. The largest absolute Gasteiger partial charge is 0.478 e. The van der Waals surface area contributed by atoms with Crippen LogP contribution in [0.3, 0.4) is 0 Å². The van der Waals surface area contributed by atoms with Crippen LogP contribution < -0.4 is 5.32 Å². The van der Waals surface area contributed by atoms with Gasteiger partial charge < -0.3 is 10.4 Å². The summed E-state index contributed by atoms with van der Waals surface area (Å²) in [5.74, 6) is -1.04. The molecular formula is C16H14INO3. The van der Waals surface area contributed by atoms with Crippen molar-refractivity contribution in [3.05, 3.63) is 68.8 Å². The van der Waals surface area contributed by atoms with E-state index in [1.807, 2.05) is 18.2 Å². The van der Waals surface area contributed by atoms with Gasteiger partial charge >= 0.3 is 5.97 Å². The highest BCUT2D eigenvalue weighted by atomic mass is 127. The van der Waals surface area contributed by atoms with Crippen molar-refractivity contribution in [2.24, 2.45) is 0 Å². The fourth-order valence-electron chi connectivity index (χ4n) is 1.87. The highest BCUT2D eigenvalue weighted by molar-refractivity contribution is 14.1. The molecule has 0 radical (unpaired) electrons. The molecule has 21 heavy (non-hydrogen) atoms. The predicted octanol–water partition coefficient (Wildman–Crippen LogP) is 2.96. The monoisotopic (exact) mass is 395 g/mol. The summed E-state index contributed by atoms with van der Waals surface area (Å²) in [6, 6.07) is 14.1. The molecular weight excluding hydrogens is 381 g/mol. The zero-order chi connectivity index (χ0) is 15.2. The van der Waals surface area contributed by atoms with E-state index in [2.05, 4.69) is 27.9 Å². The lowest BCUT2D eigenvalue weighted by Gasteiger charge is -2.06. The number of carbonyl (C=O) groups excluding carboxylic acids is 1. The fourth-order valence-corrected chi connectivity index (χ4v) is 2.41. The number of carbonyl (C=O) groups is 2. The van der Waals surface area contributed by atoms with Crippen LogP contribution in [0.25, 0.3) is 0 Å². The van der Waals surface area contributed by atoms with Gasteiger partial charge in [-0.25, -0.2) is 4.79 Å². The molecule has 2 N–H and O–H groups in total. The Morgan fingerprint density at radius 3 is 2.38 bits per heavy atom. The van der Waals surface area contributed by atoms with Gasteiger partial charge in [0, 0.05) is 15.7 Å². The minimum Gasteiger partial charge on any atom is -0.478 e. The van der Waals surface area contributed by atoms with Crippen LogP contribution in [0.2, 0.25) is 0 Å². The molecule has 0 bridgehead atoms. The number of aromatic carboxylic acids is 1. The predicted molar refractivity (Wildman–Crippen MR) is 88.6 cm³/mol. The Labute approximate surface area is 136 Å². The summed E-state index contributed by atoms with van der Waals surface area (Å²) in [6.07, 6.45) is 0.662. The van der Waals surface area contributed by atoms with Crippen LogP contribution in [-0.2, 0) is 6.42 Å². The summed E-state index contributed by atoms with van der Waals surface area (Å²) < 4.78 is 1.02. The van der Waals surface area contributed by atoms with Gasteiger partial charge in [-0.1, -0.05) is 18.2 Å². The Morgan fingerprint density at radius 1 is 1.05 bits per heavy atom. The Kier molecular flexibility index (Phi) is 5.32. The van der Waals surface area contributed by atoms with Gasteiger partial charge in [-0.15, -0.1) is 0 Å². The van der Waals surface area contributed by atoms with Crippen LogP contribution in [0.4, 0.5) is 0 Å². The second kappa shape index (κ2) is 7.21. The number of carboxylic acid groups (broad SMARTS) is 1. The average Bonchev–Trinajstić information content (AvgIpc) is 2.47. The molecule has 0 aromatic heterocycles. The van der Waals surface area contributed by atoms with E-state index in [0.29, 0.717) is 18.5 Å². The van der Waals surface area contributed by atoms with Gasteiger partial charge in [0.1, 0.15) is 0 Å². The number of carboxylic acids is 1. The maximum Gasteiger partial charge on any atom is 0.335 e. The lowest BCUT2D eigenvalue weighted by molar-refractivity contribution is 0.0696. The first-order valence-electron chi connectivity index (χ1n) is 6.42. The standard InChI is InChI=1S/C16H14INO3/c17-14-3-1-2-13(10-14)15(19)18-9-8-11-4-6-12(7-5-11)16(20)21/h1-7,10H,8-9H2,(H,18,19)(H,20,21). The van der Waals surface area contributed by atoms with Gasteiger partial charge in [0.25, 0.3) is 5.91 Å². The van der Waals surface area contributed by atoms with E-state index in [1.165, 1.54) is 0 Å². The van der Waals surface area contributed by atoms with Crippen molar-refractivity contribution in [3.8, 4) is 0 Å². The number of rotatable bonds is 5. The van der Waals surface area contributed by atoms with E-state index in [9.17, 15) is 9.59 Å². The Morgan fingerprint density at radius 2 is 1.76 bits per heavy atom. The third-order valence-electron chi connectivity index (χ3n) is 2.99. The molecule has 0 heterocycles. The van der Waals surface area contributed by atoms with Crippen molar-refractivity contribution < 1.29 is 14.7 Å². The molecule has 4 nitrogen and oxygen atoms in total. The van der Waals surface area contributed by atoms with Crippen LogP contribution in [0.5, 0.6) is 0 Å². The lowest BCUT2D eigenvalue weighted by atomic mass is 10.1. The first-order valence-corrected chi connectivity index (χ1v) is 7.50. The zero-order valence-electron chi connectivity index (χ0n) is 11.2. The van der Waals surface area contributed by atoms with E-state index < -0.39 is 5.97 Å². The molecule has 0 saturated heterocycles. The maximum atomic E-state index is 11.9. The highest BCUT2D eigenvalue weighted by Gasteiger charge is 2.05. The van der Waals surface area contributed by atoms with Crippen LogP contribution in [0.1, 0.15) is 26.3 Å². The molecule has 0 saturated carbocycles. The quantitative estimate of drug-likeness (QED) is 0.766. The first kappa shape index (κ1) is 15.5. The third-order valence-corrected chi connectivity index (χ3v) is 3.66. The summed E-state index contributed by atoms with van der Waals surface area (Å²) >= 11 is 2.17. The van der Waals surface area contributed by atoms with E-state index >= 15 is 0 Å². The minimum atomic E-state index is -0.937. The third kappa shape index (κ3) is 4.56. The number of hydrogen-bond donors (Lipinski definition) is 2. The van der Waals surface area contributed by atoms with Crippen molar-refractivity contribution >= 4 is 34.5 Å². The molecule has 0 spiro atoms. The second-order valence-electron chi connectivity index (χ2n) is 4.52. The van der Waals surface area contributed by atoms with Gasteiger partial charge in [-0.3, -0.25) is 4.79 Å². The van der Waals surface area contributed by atoms with Crippen molar-refractivity contribution in [1.82, 2.24) is 5.32 Å². The minimum absolute atomic E-state index is 0.101. The summed E-state index contributed by atoms with van der Waals surface area (Å²) in [5, 5.41) is 11.7. The van der Waals surface area contributed by atoms with Crippen molar-refractivity contribution in [1.29, 1.82) is 0 Å². The Bertz CT molecular complexity index is 653. The zero-order valence-corrected chi connectivity index (χ0v) is 13.3. The SMILES string of the molecule is O=C(O)c1ccc(CCNC(=O)c2cccc(I)c2)cc1. The number of hydrogen-bond acceptors (Lipinski definition) is 2. The lowest BCUT2D eigenvalue weighted by Crippen LogP contribution is -2.25. The number of halogens is 1. The summed E-state index contributed by atoms with van der Waals surface area (Å²) in [6.45, 7) is 0.511. The van der Waals surface area contributed by atoms with Crippen LogP contribution >= 0.6 is 22.6 Å². The number of benzene rings is 2. The van der Waals surface area contributed by atoms with Gasteiger partial charge in [0.15, 0.2) is 0 Å². The maximum absolute atomic E-state index is 11.9. The summed E-state index contributed by atoms with van der Waals surface area (Å²) in [5.41, 5.74) is 1.90. The van der Waals surface area contributed by atoms with Gasteiger partial charge in [0.05, 0.1) is 5.56 Å². The van der Waals surface area contributed by atoms with Crippen molar-refractivity contribution in [3.63, 3.8) is 0 Å². The average molecular weight is 395 g/mol. The molecule has 0 aliphatic heterocycles. The van der Waals surface area contributed by atoms with Crippen LogP contribution in [-0.4, -0.2) is 23.5 Å². The molecule has 0 fully saturated rings. The Balaban J connectivity index is 1.86. The molecule has 0 unspecified atom stereocenters. The molecule has 1 amide bonds. The van der Waals surface area contributed by atoms with Gasteiger partial charge in [-0.2, -0.15) is 0 Å². The molecule has 2 rings (SSSR count). The Hall–Kier alpha value is -1.89. The summed E-state index contributed by atoms with van der Waals surface area (Å²) in [7, 11) is 0. The fraction of sp³-hybridized carbons (Fsp3) is 0.125. The molecule has 108 valence electrons.